The first-order valence-corrected chi connectivity index (χ1v) is 5.29. The highest BCUT2D eigenvalue weighted by Gasteiger charge is 2.03. The fourth-order valence-corrected chi connectivity index (χ4v) is 0.954. The van der Waals surface area contributed by atoms with E-state index >= 15 is 0 Å². The van der Waals surface area contributed by atoms with Gasteiger partial charge in [-0.1, -0.05) is 11.8 Å². The molecular weight excluding hydrogens is 217 g/mol. The zero-order valence-corrected chi connectivity index (χ0v) is 8.84. The Bertz CT molecular complexity index is 377. The van der Waals surface area contributed by atoms with E-state index in [4.69, 9.17) is 5.73 Å². The number of carbonyl (C=O) groups is 1. The zero-order chi connectivity index (χ0) is 11.3. The Kier molecular flexibility index (Phi) is 4.11. The highest BCUT2D eigenvalue weighted by molar-refractivity contribution is 8.13. The minimum atomic E-state index is -0.424. The van der Waals surface area contributed by atoms with Crippen molar-refractivity contribution in [1.29, 1.82) is 0 Å². The molecule has 0 bridgehead atoms. The van der Waals surface area contributed by atoms with E-state index in [1.807, 2.05) is 0 Å². The monoisotopic (exact) mass is 227 g/mol. The third kappa shape index (κ3) is 3.59. The fraction of sp³-hybridized carbons (Fsp3) is 0.111. The maximum atomic E-state index is 12.5. The summed E-state index contributed by atoms with van der Waals surface area (Å²) in [6.07, 6.45) is 1.74. The predicted octanol–water partition coefficient (Wildman–Crippen LogP) is 1.15. The van der Waals surface area contributed by atoms with Crippen molar-refractivity contribution >= 4 is 22.8 Å². The van der Waals surface area contributed by atoms with Crippen LogP contribution in [0.15, 0.2) is 29.4 Å². The lowest BCUT2D eigenvalue weighted by molar-refractivity contribution is 0.0955. The van der Waals surface area contributed by atoms with Crippen LogP contribution in [0.5, 0.6) is 0 Å². The molecule has 0 saturated carbocycles. The Labute approximate surface area is 90.7 Å². The molecule has 0 aromatic heterocycles. The van der Waals surface area contributed by atoms with Crippen LogP contribution in [0.3, 0.4) is 0 Å². The molecule has 15 heavy (non-hydrogen) atoms. The summed E-state index contributed by atoms with van der Waals surface area (Å²) in [5, 5.41) is 3.86. The molecule has 3 N–H and O–H groups in total. The molecule has 0 atom stereocenters. The van der Waals surface area contributed by atoms with E-state index in [0.717, 1.165) is 0 Å². The smallest absolute Gasteiger partial charge is 0.271 e. The van der Waals surface area contributed by atoms with E-state index in [1.165, 1.54) is 36.0 Å². The number of amidine groups is 1. The standard InChI is InChI=1S/C9H10FN3OS/c1-15-9(11)13-12-8(14)6-2-4-7(10)5-3-6/h2-5H,1H3,(H2,11,13)(H,12,14). The Balaban J connectivity index is 2.66. The molecule has 0 unspecified atom stereocenters. The van der Waals surface area contributed by atoms with Crippen LogP contribution in [0.2, 0.25) is 0 Å². The second kappa shape index (κ2) is 5.35. The molecule has 0 aliphatic heterocycles. The molecule has 0 spiro atoms. The maximum absolute atomic E-state index is 12.5. The number of hydrogen-bond acceptors (Lipinski definition) is 3. The molecule has 1 aromatic rings. The van der Waals surface area contributed by atoms with E-state index in [-0.39, 0.29) is 5.17 Å². The molecule has 0 aliphatic carbocycles. The van der Waals surface area contributed by atoms with Crippen LogP contribution < -0.4 is 11.2 Å². The summed E-state index contributed by atoms with van der Waals surface area (Å²) in [6, 6.07) is 5.15. The molecular formula is C9H10FN3OS. The van der Waals surface area contributed by atoms with Crippen molar-refractivity contribution in [3.63, 3.8) is 0 Å². The summed E-state index contributed by atoms with van der Waals surface area (Å²) < 4.78 is 12.5. The predicted molar refractivity (Wildman–Crippen MR) is 59.0 cm³/mol. The van der Waals surface area contributed by atoms with Crippen LogP contribution in [-0.4, -0.2) is 17.3 Å². The largest absolute Gasteiger partial charge is 0.377 e. The topological polar surface area (TPSA) is 67.5 Å². The Morgan fingerprint density at radius 1 is 1.47 bits per heavy atom. The van der Waals surface area contributed by atoms with Crippen molar-refractivity contribution in [3.8, 4) is 0 Å². The number of halogens is 1. The lowest BCUT2D eigenvalue weighted by Gasteiger charge is -2.00. The number of rotatable bonds is 2. The molecule has 6 heteroatoms. The molecule has 0 radical (unpaired) electrons. The first-order chi connectivity index (χ1) is 7.13. The van der Waals surface area contributed by atoms with Gasteiger partial charge in [-0.3, -0.25) is 4.79 Å². The van der Waals surface area contributed by atoms with Gasteiger partial charge in [-0.05, 0) is 30.5 Å². The van der Waals surface area contributed by atoms with Gasteiger partial charge in [-0.15, -0.1) is 5.10 Å². The summed E-state index contributed by atoms with van der Waals surface area (Å²) in [6.45, 7) is 0. The number of carbonyl (C=O) groups excluding carboxylic acids is 1. The molecule has 4 nitrogen and oxygen atoms in total. The minimum absolute atomic E-state index is 0.255. The Morgan fingerprint density at radius 3 is 2.60 bits per heavy atom. The van der Waals surface area contributed by atoms with E-state index in [9.17, 15) is 9.18 Å². The van der Waals surface area contributed by atoms with Crippen LogP contribution in [-0.2, 0) is 0 Å². The first-order valence-electron chi connectivity index (χ1n) is 4.06. The average Bonchev–Trinajstić information content (AvgIpc) is 2.26. The number of hydrazone groups is 1. The molecule has 0 saturated heterocycles. The lowest BCUT2D eigenvalue weighted by atomic mass is 10.2. The van der Waals surface area contributed by atoms with E-state index in [1.54, 1.807) is 6.26 Å². The lowest BCUT2D eigenvalue weighted by Crippen LogP contribution is -2.21. The van der Waals surface area contributed by atoms with Gasteiger partial charge in [0.15, 0.2) is 5.17 Å². The number of nitrogens with one attached hydrogen (secondary N) is 1. The number of thioether (sulfide) groups is 1. The molecule has 0 fully saturated rings. The number of nitrogens with two attached hydrogens (primary N) is 1. The van der Waals surface area contributed by atoms with Gasteiger partial charge in [0.05, 0.1) is 0 Å². The van der Waals surface area contributed by atoms with Crippen LogP contribution >= 0.6 is 11.8 Å². The summed E-state index contributed by atoms with van der Waals surface area (Å²) >= 11 is 1.22. The van der Waals surface area contributed by atoms with Crippen molar-refractivity contribution in [2.24, 2.45) is 10.8 Å². The Hall–Kier alpha value is -1.56. The van der Waals surface area contributed by atoms with Crippen molar-refractivity contribution in [3.05, 3.63) is 35.6 Å². The molecule has 1 rings (SSSR count). The SMILES string of the molecule is CS/C(N)=N/NC(=O)c1ccc(F)cc1. The van der Waals surface area contributed by atoms with Crippen molar-refractivity contribution in [2.75, 3.05) is 6.26 Å². The van der Waals surface area contributed by atoms with Crippen LogP contribution in [0.4, 0.5) is 4.39 Å². The number of hydrogen-bond donors (Lipinski definition) is 2. The van der Waals surface area contributed by atoms with Gasteiger partial charge >= 0.3 is 0 Å². The summed E-state index contributed by atoms with van der Waals surface area (Å²) in [7, 11) is 0. The van der Waals surface area contributed by atoms with E-state index in [2.05, 4.69) is 10.5 Å². The van der Waals surface area contributed by atoms with E-state index < -0.39 is 11.7 Å². The highest BCUT2D eigenvalue weighted by atomic mass is 32.2. The Morgan fingerprint density at radius 2 is 2.07 bits per heavy atom. The second-order valence-corrected chi connectivity index (χ2v) is 3.43. The van der Waals surface area contributed by atoms with Gasteiger partial charge in [-0.25, -0.2) is 9.82 Å². The molecule has 0 heterocycles. The van der Waals surface area contributed by atoms with Crippen LogP contribution in [0.25, 0.3) is 0 Å². The normalized spacial score (nSPS) is 11.2. The molecule has 0 aliphatic rings. The van der Waals surface area contributed by atoms with Crippen molar-refractivity contribution in [1.82, 2.24) is 5.43 Å². The number of amides is 1. The van der Waals surface area contributed by atoms with Gasteiger partial charge < -0.3 is 5.73 Å². The first kappa shape index (κ1) is 11.5. The number of nitrogens with zero attached hydrogens (tertiary/aromatic N) is 1. The molecule has 80 valence electrons. The quantitative estimate of drug-likeness (QED) is 0.452. The van der Waals surface area contributed by atoms with E-state index in [0.29, 0.717) is 5.56 Å². The van der Waals surface area contributed by atoms with Gasteiger partial charge in [0.25, 0.3) is 5.91 Å². The third-order valence-electron chi connectivity index (χ3n) is 1.58. The van der Waals surface area contributed by atoms with Gasteiger partial charge in [-0.2, -0.15) is 0 Å². The van der Waals surface area contributed by atoms with Crippen LogP contribution in [0, 0.1) is 5.82 Å². The second-order valence-electron chi connectivity index (χ2n) is 2.60. The minimum Gasteiger partial charge on any atom is -0.377 e. The molecule has 1 aromatic carbocycles. The van der Waals surface area contributed by atoms with Crippen molar-refractivity contribution < 1.29 is 9.18 Å². The third-order valence-corrected chi connectivity index (χ3v) is 2.09. The fourth-order valence-electron chi connectivity index (χ4n) is 0.817. The molecule has 1 amide bonds. The van der Waals surface area contributed by atoms with Crippen LogP contribution in [0.1, 0.15) is 10.4 Å². The maximum Gasteiger partial charge on any atom is 0.271 e. The highest BCUT2D eigenvalue weighted by Crippen LogP contribution is 2.02. The van der Waals surface area contributed by atoms with Gasteiger partial charge in [0, 0.05) is 5.56 Å². The van der Waals surface area contributed by atoms with Crippen molar-refractivity contribution in [2.45, 2.75) is 0 Å². The van der Waals surface area contributed by atoms with Gasteiger partial charge in [0.2, 0.25) is 0 Å². The number of benzene rings is 1. The summed E-state index contributed by atoms with van der Waals surface area (Å²) in [5.41, 5.74) is 7.94. The zero-order valence-electron chi connectivity index (χ0n) is 8.03. The average molecular weight is 227 g/mol. The summed E-state index contributed by atoms with van der Waals surface area (Å²) in [4.78, 5) is 11.4. The van der Waals surface area contributed by atoms with Gasteiger partial charge in [0.1, 0.15) is 5.82 Å². The summed E-state index contributed by atoms with van der Waals surface area (Å²) in [5.74, 6) is -0.814.